The number of hydrogen-bond donors (Lipinski definition) is 1. The standard InChI is InChI=1S/C5H5FO4/c6-2-3(7)1-4(8)5(9)10/h1-2H2,(H,9,10). The molecule has 0 unspecified atom stereocenters. The average molecular weight is 148 g/mol. The van der Waals surface area contributed by atoms with Crippen molar-refractivity contribution in [2.75, 3.05) is 6.67 Å². The Labute approximate surface area is 55.6 Å². The second-order valence-corrected chi connectivity index (χ2v) is 1.58. The van der Waals surface area contributed by atoms with Gasteiger partial charge in [-0.15, -0.1) is 0 Å². The lowest BCUT2D eigenvalue weighted by atomic mass is 10.2. The van der Waals surface area contributed by atoms with E-state index in [4.69, 9.17) is 5.11 Å². The van der Waals surface area contributed by atoms with Crippen molar-refractivity contribution in [1.29, 1.82) is 0 Å². The molecule has 0 rings (SSSR count). The Morgan fingerprint density at radius 2 is 1.80 bits per heavy atom. The highest BCUT2D eigenvalue weighted by molar-refractivity contribution is 6.36. The van der Waals surface area contributed by atoms with Crippen LogP contribution in [0.2, 0.25) is 0 Å². The molecule has 0 heterocycles. The molecule has 0 aliphatic carbocycles. The summed E-state index contributed by atoms with van der Waals surface area (Å²) >= 11 is 0. The summed E-state index contributed by atoms with van der Waals surface area (Å²) in [6.45, 7) is -1.29. The monoisotopic (exact) mass is 148 g/mol. The Morgan fingerprint density at radius 3 is 2.10 bits per heavy atom. The lowest BCUT2D eigenvalue weighted by molar-refractivity contribution is -0.150. The number of carboxylic acids is 1. The number of ketones is 2. The fraction of sp³-hybridized carbons (Fsp3) is 0.400. The number of alkyl halides is 1. The number of carbonyl (C=O) groups excluding carboxylic acids is 2. The van der Waals surface area contributed by atoms with E-state index >= 15 is 0 Å². The van der Waals surface area contributed by atoms with E-state index in [1.54, 1.807) is 0 Å². The van der Waals surface area contributed by atoms with Crippen LogP contribution in [0.3, 0.4) is 0 Å². The van der Waals surface area contributed by atoms with Crippen molar-refractivity contribution in [3.8, 4) is 0 Å². The first kappa shape index (κ1) is 8.74. The minimum Gasteiger partial charge on any atom is -0.475 e. The molecule has 0 saturated carbocycles. The Morgan fingerprint density at radius 1 is 1.30 bits per heavy atom. The van der Waals surface area contributed by atoms with Crippen LogP contribution in [-0.2, 0) is 14.4 Å². The molecule has 0 aromatic rings. The summed E-state index contributed by atoms with van der Waals surface area (Å²) in [5, 5.41) is 7.90. The molecule has 4 nitrogen and oxygen atoms in total. The molecule has 0 spiro atoms. The molecule has 0 aliphatic heterocycles. The van der Waals surface area contributed by atoms with Gasteiger partial charge in [-0.25, -0.2) is 9.18 Å². The number of halogens is 1. The zero-order valence-corrected chi connectivity index (χ0v) is 4.96. The van der Waals surface area contributed by atoms with Crippen molar-refractivity contribution in [2.24, 2.45) is 0 Å². The van der Waals surface area contributed by atoms with Crippen molar-refractivity contribution in [1.82, 2.24) is 0 Å². The predicted octanol–water partition coefficient (Wildman–Crippen LogP) is -0.431. The molecule has 0 aromatic heterocycles. The van der Waals surface area contributed by atoms with E-state index in [2.05, 4.69) is 0 Å². The molecule has 5 heteroatoms. The van der Waals surface area contributed by atoms with Crippen LogP contribution < -0.4 is 0 Å². The summed E-state index contributed by atoms with van der Waals surface area (Å²) in [5.41, 5.74) is 0. The number of Topliss-reactive ketones (excluding diaryl/α,β-unsaturated/α-hetero) is 2. The molecule has 10 heavy (non-hydrogen) atoms. The van der Waals surface area contributed by atoms with Crippen LogP contribution in [0.4, 0.5) is 4.39 Å². The van der Waals surface area contributed by atoms with Crippen molar-refractivity contribution in [2.45, 2.75) is 6.42 Å². The molecule has 0 saturated heterocycles. The first-order valence-electron chi connectivity index (χ1n) is 2.41. The van der Waals surface area contributed by atoms with Crippen molar-refractivity contribution in [3.05, 3.63) is 0 Å². The number of rotatable bonds is 4. The maximum atomic E-state index is 11.3. The first-order chi connectivity index (χ1) is 4.57. The van der Waals surface area contributed by atoms with Gasteiger partial charge in [0.15, 0.2) is 5.78 Å². The van der Waals surface area contributed by atoms with Gasteiger partial charge in [-0.05, 0) is 0 Å². The molecule has 56 valence electrons. The molecule has 0 aromatic carbocycles. The minimum atomic E-state index is -1.71. The van der Waals surface area contributed by atoms with Gasteiger partial charge in [0.05, 0.1) is 6.42 Å². The fourth-order valence-corrected chi connectivity index (χ4v) is 0.302. The molecule has 0 amide bonds. The Hall–Kier alpha value is -1.26. The van der Waals surface area contributed by atoms with Gasteiger partial charge >= 0.3 is 5.97 Å². The van der Waals surface area contributed by atoms with E-state index in [0.29, 0.717) is 0 Å². The normalized spacial score (nSPS) is 8.90. The quantitative estimate of drug-likeness (QED) is 0.433. The number of hydrogen-bond acceptors (Lipinski definition) is 3. The largest absolute Gasteiger partial charge is 0.475 e. The van der Waals surface area contributed by atoms with Gasteiger partial charge in [0, 0.05) is 0 Å². The van der Waals surface area contributed by atoms with Crippen LogP contribution in [0.25, 0.3) is 0 Å². The molecule has 0 fully saturated rings. The zero-order chi connectivity index (χ0) is 8.15. The van der Waals surface area contributed by atoms with Gasteiger partial charge in [0.2, 0.25) is 5.78 Å². The van der Waals surface area contributed by atoms with Gasteiger partial charge in [0.1, 0.15) is 6.67 Å². The Kier molecular flexibility index (Phi) is 3.24. The second kappa shape index (κ2) is 3.71. The van der Waals surface area contributed by atoms with Gasteiger partial charge in [-0.3, -0.25) is 9.59 Å². The summed E-state index contributed by atoms with van der Waals surface area (Å²) in [4.78, 5) is 29.9. The average Bonchev–Trinajstić information content (AvgIpc) is 1.87. The third-order valence-corrected chi connectivity index (χ3v) is 0.745. The maximum Gasteiger partial charge on any atom is 0.372 e. The summed E-state index contributed by atoms with van der Waals surface area (Å²) in [7, 11) is 0. The fourth-order valence-electron chi connectivity index (χ4n) is 0.302. The van der Waals surface area contributed by atoms with Gasteiger partial charge in [-0.2, -0.15) is 0 Å². The number of aliphatic carboxylic acids is 1. The van der Waals surface area contributed by atoms with Crippen molar-refractivity contribution < 1.29 is 23.9 Å². The predicted molar refractivity (Wildman–Crippen MR) is 28.2 cm³/mol. The van der Waals surface area contributed by atoms with E-state index in [1.807, 2.05) is 0 Å². The molecule has 1 N–H and O–H groups in total. The summed E-state index contributed by atoms with van der Waals surface area (Å²) in [5.74, 6) is -3.99. The van der Waals surface area contributed by atoms with Gasteiger partial charge in [-0.1, -0.05) is 0 Å². The first-order valence-corrected chi connectivity index (χ1v) is 2.41. The van der Waals surface area contributed by atoms with Crippen LogP contribution in [0, 0.1) is 0 Å². The number of carbonyl (C=O) groups is 3. The summed E-state index contributed by atoms with van der Waals surface area (Å²) < 4.78 is 11.3. The highest BCUT2D eigenvalue weighted by Crippen LogP contribution is 1.86. The van der Waals surface area contributed by atoms with Crippen molar-refractivity contribution >= 4 is 17.5 Å². The van der Waals surface area contributed by atoms with Crippen LogP contribution in [0.15, 0.2) is 0 Å². The lowest BCUT2D eigenvalue weighted by Crippen LogP contribution is -2.17. The van der Waals surface area contributed by atoms with E-state index in [1.165, 1.54) is 0 Å². The van der Waals surface area contributed by atoms with Crippen LogP contribution in [0.5, 0.6) is 0 Å². The molecule has 0 bridgehead atoms. The van der Waals surface area contributed by atoms with Crippen LogP contribution in [-0.4, -0.2) is 29.3 Å². The smallest absolute Gasteiger partial charge is 0.372 e. The Balaban J connectivity index is 3.80. The van der Waals surface area contributed by atoms with E-state index in [0.717, 1.165) is 0 Å². The third-order valence-electron chi connectivity index (χ3n) is 0.745. The van der Waals surface area contributed by atoms with Gasteiger partial charge < -0.3 is 5.11 Å². The third kappa shape index (κ3) is 2.91. The second-order valence-electron chi connectivity index (χ2n) is 1.58. The van der Waals surface area contributed by atoms with E-state index in [-0.39, 0.29) is 0 Å². The number of carboxylic acid groups (broad SMARTS) is 1. The highest BCUT2D eigenvalue weighted by atomic mass is 19.1. The van der Waals surface area contributed by atoms with E-state index in [9.17, 15) is 18.8 Å². The zero-order valence-electron chi connectivity index (χ0n) is 4.96. The van der Waals surface area contributed by atoms with Crippen molar-refractivity contribution in [3.63, 3.8) is 0 Å². The maximum absolute atomic E-state index is 11.3. The highest BCUT2D eigenvalue weighted by Gasteiger charge is 2.15. The molecule has 0 atom stereocenters. The van der Waals surface area contributed by atoms with Crippen LogP contribution in [0.1, 0.15) is 6.42 Å². The topological polar surface area (TPSA) is 71.4 Å². The summed E-state index contributed by atoms with van der Waals surface area (Å²) in [6.07, 6.45) is -0.855. The molecular formula is C5H5FO4. The Bertz CT molecular complexity index is 174. The lowest BCUT2D eigenvalue weighted by Gasteiger charge is -1.88. The molecule has 0 aliphatic rings. The SMILES string of the molecule is O=C(CF)CC(=O)C(=O)O. The van der Waals surface area contributed by atoms with Gasteiger partial charge in [0.25, 0.3) is 0 Å². The van der Waals surface area contributed by atoms with Crippen LogP contribution >= 0.6 is 0 Å². The molecule has 0 radical (unpaired) electrons. The van der Waals surface area contributed by atoms with E-state index < -0.39 is 30.6 Å². The minimum absolute atomic E-state index is 0.855. The summed E-state index contributed by atoms with van der Waals surface area (Å²) in [6, 6.07) is 0. The molecular weight excluding hydrogens is 143 g/mol.